The van der Waals surface area contributed by atoms with E-state index in [1.165, 1.54) is 33.4 Å². The van der Waals surface area contributed by atoms with Crippen LogP contribution in [0, 0.1) is 13.8 Å². The lowest BCUT2D eigenvalue weighted by atomic mass is 10.0. The Morgan fingerprint density at radius 3 is 1.20 bits per heavy atom. The molecule has 4 nitrogen and oxygen atoms in total. The molecule has 0 aliphatic carbocycles. The third kappa shape index (κ3) is 4.96. The number of benzene rings is 6. The Labute approximate surface area is 262 Å². The second-order valence-electron chi connectivity index (χ2n) is 11.5. The van der Waals surface area contributed by atoms with E-state index in [9.17, 15) is 0 Å². The number of aromatic nitrogens is 4. The van der Waals surface area contributed by atoms with Crippen LogP contribution >= 0.6 is 0 Å². The Hall–Kier alpha value is -5.87. The van der Waals surface area contributed by atoms with Crippen molar-refractivity contribution >= 4 is 21.8 Å². The quantitative estimate of drug-likeness (QED) is 0.204. The Morgan fingerprint density at radius 1 is 0.378 bits per heavy atom. The van der Waals surface area contributed by atoms with Crippen molar-refractivity contribution in [1.29, 1.82) is 0 Å². The number of fused-ring (bicyclic) bond motifs is 3. The zero-order chi connectivity index (χ0) is 30.3. The van der Waals surface area contributed by atoms with Gasteiger partial charge in [0.05, 0.1) is 11.0 Å². The number of hydrogen-bond acceptors (Lipinski definition) is 3. The van der Waals surface area contributed by atoms with Crippen LogP contribution in [0.15, 0.2) is 146 Å². The fourth-order valence-corrected chi connectivity index (χ4v) is 5.99. The highest BCUT2D eigenvalue weighted by molar-refractivity contribution is 6.11. The van der Waals surface area contributed by atoms with Crippen LogP contribution in [0.25, 0.3) is 72.8 Å². The van der Waals surface area contributed by atoms with Crippen molar-refractivity contribution in [1.82, 2.24) is 19.5 Å². The van der Waals surface area contributed by atoms with Crippen LogP contribution in [0.4, 0.5) is 0 Å². The van der Waals surface area contributed by atoms with Gasteiger partial charge in [0.2, 0.25) is 5.95 Å². The van der Waals surface area contributed by atoms with Crippen LogP contribution in [0.1, 0.15) is 11.1 Å². The molecule has 0 saturated carbocycles. The third-order valence-electron chi connectivity index (χ3n) is 8.42. The van der Waals surface area contributed by atoms with Gasteiger partial charge in [-0.15, -0.1) is 0 Å². The van der Waals surface area contributed by atoms with Gasteiger partial charge in [0.25, 0.3) is 0 Å². The topological polar surface area (TPSA) is 43.6 Å². The third-order valence-corrected chi connectivity index (χ3v) is 8.42. The van der Waals surface area contributed by atoms with Crippen LogP contribution < -0.4 is 0 Å². The molecule has 0 amide bonds. The van der Waals surface area contributed by atoms with Crippen LogP contribution in [0.5, 0.6) is 0 Å². The van der Waals surface area contributed by atoms with Crippen molar-refractivity contribution in [2.24, 2.45) is 0 Å². The Kier molecular flexibility index (Phi) is 6.54. The molecule has 0 saturated heterocycles. The van der Waals surface area contributed by atoms with E-state index in [1.807, 2.05) is 0 Å². The fourth-order valence-electron chi connectivity index (χ4n) is 5.99. The molecule has 0 bridgehead atoms. The van der Waals surface area contributed by atoms with Crippen molar-refractivity contribution in [3.05, 3.63) is 157 Å². The van der Waals surface area contributed by atoms with Crippen molar-refractivity contribution in [2.45, 2.75) is 13.8 Å². The van der Waals surface area contributed by atoms with Crippen molar-refractivity contribution < 1.29 is 0 Å². The van der Waals surface area contributed by atoms with E-state index in [0.29, 0.717) is 17.6 Å². The summed E-state index contributed by atoms with van der Waals surface area (Å²) in [5.74, 6) is 1.89. The van der Waals surface area contributed by atoms with Gasteiger partial charge in [0, 0.05) is 21.9 Å². The molecule has 6 aromatic carbocycles. The lowest BCUT2D eigenvalue weighted by Gasteiger charge is -2.11. The van der Waals surface area contributed by atoms with Gasteiger partial charge in [-0.2, -0.15) is 9.97 Å². The summed E-state index contributed by atoms with van der Waals surface area (Å²) in [5, 5.41) is 2.30. The van der Waals surface area contributed by atoms with Gasteiger partial charge in [-0.25, -0.2) is 4.98 Å². The van der Waals surface area contributed by atoms with Crippen molar-refractivity contribution in [3.63, 3.8) is 0 Å². The summed E-state index contributed by atoms with van der Waals surface area (Å²) in [6.07, 6.45) is 0. The van der Waals surface area contributed by atoms with Crippen LogP contribution in [0.2, 0.25) is 0 Å². The predicted molar refractivity (Wildman–Crippen MR) is 185 cm³/mol. The lowest BCUT2D eigenvalue weighted by Crippen LogP contribution is -2.06. The second-order valence-corrected chi connectivity index (χ2v) is 11.5. The first-order chi connectivity index (χ1) is 22.1. The Bertz CT molecular complexity index is 2140. The monoisotopic (exact) mass is 578 g/mol. The summed E-state index contributed by atoms with van der Waals surface area (Å²) in [7, 11) is 0. The standard InChI is InChI=1S/C41H30N4/c1-27-13-17-31(18-14-27)39-42-40(32-19-15-28(2)16-20-32)44-41(43-39)45-37-23-21-33(29-9-5-3-6-10-29)25-35(37)36-26-34(22-24-38(36)45)30-11-7-4-8-12-30/h3-26H,1-2H3. The highest BCUT2D eigenvalue weighted by Crippen LogP contribution is 2.37. The summed E-state index contributed by atoms with van der Waals surface area (Å²) in [6, 6.07) is 51.1. The predicted octanol–water partition coefficient (Wildman–Crippen LogP) is 10.3. The smallest absolute Gasteiger partial charge is 0.238 e. The number of rotatable bonds is 5. The minimum Gasteiger partial charge on any atom is -0.278 e. The average Bonchev–Trinajstić information content (AvgIpc) is 3.42. The molecule has 2 heterocycles. The van der Waals surface area contributed by atoms with Crippen LogP contribution in [-0.4, -0.2) is 19.5 Å². The largest absolute Gasteiger partial charge is 0.278 e. The molecule has 4 heteroatoms. The maximum absolute atomic E-state index is 5.12. The van der Waals surface area contributed by atoms with Crippen LogP contribution in [0.3, 0.4) is 0 Å². The highest BCUT2D eigenvalue weighted by Gasteiger charge is 2.19. The number of nitrogens with zero attached hydrogens (tertiary/aromatic N) is 4. The summed E-state index contributed by atoms with van der Waals surface area (Å²) < 4.78 is 2.19. The molecule has 0 aliphatic heterocycles. The van der Waals surface area contributed by atoms with E-state index in [4.69, 9.17) is 15.0 Å². The minimum absolute atomic E-state index is 0.594. The second kappa shape index (κ2) is 11.0. The van der Waals surface area contributed by atoms with Gasteiger partial charge in [0.1, 0.15) is 0 Å². The average molecular weight is 579 g/mol. The zero-order valence-corrected chi connectivity index (χ0v) is 25.1. The van der Waals surface area contributed by atoms with Crippen LogP contribution in [-0.2, 0) is 0 Å². The fraction of sp³-hybridized carbons (Fsp3) is 0.0488. The normalized spacial score (nSPS) is 11.3. The SMILES string of the molecule is Cc1ccc(-c2nc(-c3ccc(C)cc3)nc(-n3c4ccc(-c5ccccc5)cc4c4cc(-c5ccccc5)ccc43)n2)cc1. The Morgan fingerprint density at radius 2 is 0.778 bits per heavy atom. The van der Waals surface area contributed by atoms with E-state index in [0.717, 1.165) is 32.9 Å². The number of aryl methyl sites for hydroxylation is 2. The first-order valence-corrected chi connectivity index (χ1v) is 15.2. The first kappa shape index (κ1) is 26.7. The molecule has 0 radical (unpaired) electrons. The van der Waals surface area contributed by atoms with Gasteiger partial charge in [-0.05, 0) is 60.4 Å². The molecular formula is C41H30N4. The summed E-state index contributed by atoms with van der Waals surface area (Å²) in [5.41, 5.74) is 11.1. The zero-order valence-electron chi connectivity index (χ0n) is 25.1. The number of hydrogen-bond donors (Lipinski definition) is 0. The first-order valence-electron chi connectivity index (χ1n) is 15.2. The molecule has 0 N–H and O–H groups in total. The van der Waals surface area contributed by atoms with Gasteiger partial charge >= 0.3 is 0 Å². The minimum atomic E-state index is 0.594. The molecular weight excluding hydrogens is 548 g/mol. The van der Waals surface area contributed by atoms with Crippen molar-refractivity contribution in [3.8, 4) is 51.0 Å². The maximum Gasteiger partial charge on any atom is 0.238 e. The molecule has 8 aromatic rings. The summed E-state index contributed by atoms with van der Waals surface area (Å²) >= 11 is 0. The van der Waals surface area contributed by atoms with Crippen molar-refractivity contribution in [2.75, 3.05) is 0 Å². The molecule has 0 aliphatic rings. The van der Waals surface area contributed by atoms with E-state index in [2.05, 4.69) is 164 Å². The molecule has 0 unspecified atom stereocenters. The highest BCUT2D eigenvalue weighted by atomic mass is 15.2. The van der Waals surface area contributed by atoms with Gasteiger partial charge in [-0.3, -0.25) is 4.57 Å². The molecule has 2 aromatic heterocycles. The van der Waals surface area contributed by atoms with E-state index < -0.39 is 0 Å². The van der Waals surface area contributed by atoms with E-state index in [-0.39, 0.29) is 0 Å². The van der Waals surface area contributed by atoms with Gasteiger partial charge in [0.15, 0.2) is 11.6 Å². The summed E-state index contributed by atoms with van der Waals surface area (Å²) in [6.45, 7) is 4.18. The molecule has 0 spiro atoms. The van der Waals surface area contributed by atoms with E-state index in [1.54, 1.807) is 0 Å². The van der Waals surface area contributed by atoms with E-state index >= 15 is 0 Å². The van der Waals surface area contributed by atoms with Gasteiger partial charge in [-0.1, -0.05) is 132 Å². The maximum atomic E-state index is 5.12. The molecule has 0 atom stereocenters. The lowest BCUT2D eigenvalue weighted by molar-refractivity contribution is 0.953. The molecule has 8 rings (SSSR count). The summed E-state index contributed by atoms with van der Waals surface area (Å²) in [4.78, 5) is 15.2. The molecule has 214 valence electrons. The Balaban J connectivity index is 1.41. The molecule has 0 fully saturated rings. The van der Waals surface area contributed by atoms with Gasteiger partial charge < -0.3 is 0 Å². The molecule has 45 heavy (non-hydrogen) atoms.